The quantitative estimate of drug-likeness (QED) is 0.775. The van der Waals surface area contributed by atoms with Gasteiger partial charge in [0.25, 0.3) is 0 Å². The van der Waals surface area contributed by atoms with E-state index < -0.39 is 0 Å². The molecule has 0 heterocycles. The van der Waals surface area contributed by atoms with E-state index in [-0.39, 0.29) is 23.9 Å². The predicted octanol–water partition coefficient (Wildman–Crippen LogP) is 2.94. The van der Waals surface area contributed by atoms with Crippen LogP contribution in [0.1, 0.15) is 38.7 Å². The highest BCUT2D eigenvalue weighted by atomic mass is 35.5. The van der Waals surface area contributed by atoms with Crippen LogP contribution >= 0.6 is 12.4 Å². The molecule has 0 saturated heterocycles. The minimum Gasteiger partial charge on any atom is -0.350 e. The van der Waals surface area contributed by atoms with Gasteiger partial charge in [0.1, 0.15) is 0 Å². The maximum absolute atomic E-state index is 11.9. The van der Waals surface area contributed by atoms with Crippen LogP contribution in [0.2, 0.25) is 0 Å². The Balaban J connectivity index is 0.00000220. The van der Waals surface area contributed by atoms with Gasteiger partial charge < -0.3 is 10.6 Å². The fourth-order valence-corrected chi connectivity index (χ4v) is 2.30. The third-order valence-electron chi connectivity index (χ3n) is 3.77. The van der Waals surface area contributed by atoms with Crippen molar-refractivity contribution in [1.82, 2.24) is 10.6 Å². The summed E-state index contributed by atoms with van der Waals surface area (Å²) in [7, 11) is 0. The lowest BCUT2D eigenvalue weighted by atomic mass is 9.95. The Bertz CT molecular complexity index is 430. The van der Waals surface area contributed by atoms with E-state index in [4.69, 9.17) is 0 Å². The topological polar surface area (TPSA) is 41.1 Å². The number of benzene rings is 1. The molecular weight excluding hydrogens is 284 g/mol. The second-order valence-electron chi connectivity index (χ2n) is 6.49. The van der Waals surface area contributed by atoms with Crippen LogP contribution in [0, 0.1) is 5.92 Å². The van der Waals surface area contributed by atoms with E-state index in [2.05, 4.69) is 48.7 Å². The van der Waals surface area contributed by atoms with Crippen molar-refractivity contribution in [3.05, 3.63) is 35.9 Å². The highest BCUT2D eigenvalue weighted by Gasteiger charge is 2.22. The second kappa shape index (κ2) is 8.40. The monoisotopic (exact) mass is 310 g/mol. The van der Waals surface area contributed by atoms with Gasteiger partial charge in [0.15, 0.2) is 0 Å². The molecular formula is C17H27ClN2O. The Hall–Kier alpha value is -1.06. The smallest absolute Gasteiger partial charge is 0.234 e. The van der Waals surface area contributed by atoms with Gasteiger partial charge in [0.2, 0.25) is 5.91 Å². The van der Waals surface area contributed by atoms with Gasteiger partial charge in [-0.3, -0.25) is 4.79 Å². The number of halogens is 1. The zero-order valence-corrected chi connectivity index (χ0v) is 13.8. The van der Waals surface area contributed by atoms with Crippen LogP contribution in [0.4, 0.5) is 0 Å². The molecule has 1 aromatic carbocycles. The van der Waals surface area contributed by atoms with Crippen LogP contribution in [-0.2, 0) is 11.2 Å². The van der Waals surface area contributed by atoms with Crippen molar-refractivity contribution >= 4 is 18.3 Å². The molecule has 4 heteroatoms. The molecule has 21 heavy (non-hydrogen) atoms. The number of hydrogen-bond acceptors (Lipinski definition) is 2. The third kappa shape index (κ3) is 7.49. The molecule has 0 radical (unpaired) electrons. The fraction of sp³-hybridized carbons (Fsp3) is 0.588. The van der Waals surface area contributed by atoms with Gasteiger partial charge in [-0.25, -0.2) is 0 Å². The van der Waals surface area contributed by atoms with Gasteiger partial charge in [-0.15, -0.1) is 12.4 Å². The summed E-state index contributed by atoms with van der Waals surface area (Å²) in [6.07, 6.45) is 4.57. The average molecular weight is 311 g/mol. The number of carbonyl (C=O) groups is 1. The second-order valence-corrected chi connectivity index (χ2v) is 6.49. The molecule has 0 atom stereocenters. The summed E-state index contributed by atoms with van der Waals surface area (Å²) in [6, 6.07) is 10.4. The number of nitrogens with one attached hydrogen (secondary N) is 2. The van der Waals surface area contributed by atoms with Crippen LogP contribution in [-0.4, -0.2) is 24.5 Å². The lowest BCUT2D eigenvalue weighted by Gasteiger charge is -2.26. The molecule has 2 rings (SSSR count). The normalized spacial score (nSPS) is 14.4. The molecule has 0 unspecified atom stereocenters. The summed E-state index contributed by atoms with van der Waals surface area (Å²) in [4.78, 5) is 11.9. The van der Waals surface area contributed by atoms with Crippen molar-refractivity contribution in [3.8, 4) is 0 Å². The number of aryl methyl sites for hydroxylation is 1. The lowest BCUT2D eigenvalue weighted by molar-refractivity contribution is -0.121. The van der Waals surface area contributed by atoms with E-state index in [9.17, 15) is 4.79 Å². The Labute approximate surface area is 134 Å². The maximum Gasteiger partial charge on any atom is 0.234 e. The molecule has 0 aromatic heterocycles. The zero-order valence-electron chi connectivity index (χ0n) is 13.0. The van der Waals surface area contributed by atoms with Gasteiger partial charge in [-0.05, 0) is 57.6 Å². The predicted molar refractivity (Wildman–Crippen MR) is 89.8 cm³/mol. The van der Waals surface area contributed by atoms with E-state index in [0.29, 0.717) is 6.54 Å². The molecule has 1 fully saturated rings. The first-order chi connectivity index (χ1) is 9.55. The minimum absolute atomic E-state index is 0. The van der Waals surface area contributed by atoms with Gasteiger partial charge in [-0.2, -0.15) is 0 Å². The Morgan fingerprint density at radius 1 is 1.24 bits per heavy atom. The molecule has 0 aliphatic heterocycles. The molecule has 2 N–H and O–H groups in total. The standard InChI is InChI=1S/C17H26N2O.ClH/c1-17(2,11-10-14-6-4-3-5-7-14)19-16(20)13-18-12-15-8-9-15;/h3-7,15,18H,8-13H2,1-2H3,(H,19,20);1H. The fourth-order valence-electron chi connectivity index (χ4n) is 2.30. The van der Waals surface area contributed by atoms with E-state index in [1.807, 2.05) is 6.07 Å². The molecule has 0 bridgehead atoms. The summed E-state index contributed by atoms with van der Waals surface area (Å²) in [5.41, 5.74) is 1.16. The van der Waals surface area contributed by atoms with Gasteiger partial charge in [-0.1, -0.05) is 30.3 Å². The van der Waals surface area contributed by atoms with Crippen molar-refractivity contribution in [2.24, 2.45) is 5.92 Å². The first-order valence-electron chi connectivity index (χ1n) is 7.61. The largest absolute Gasteiger partial charge is 0.350 e. The molecule has 1 aliphatic carbocycles. The third-order valence-corrected chi connectivity index (χ3v) is 3.77. The molecule has 1 aliphatic rings. The van der Waals surface area contributed by atoms with E-state index >= 15 is 0 Å². The number of amides is 1. The van der Waals surface area contributed by atoms with Gasteiger partial charge in [0.05, 0.1) is 6.54 Å². The Morgan fingerprint density at radius 3 is 2.52 bits per heavy atom. The van der Waals surface area contributed by atoms with Gasteiger partial charge in [0, 0.05) is 5.54 Å². The minimum atomic E-state index is -0.159. The van der Waals surface area contributed by atoms with Crippen LogP contribution in [0.3, 0.4) is 0 Å². The van der Waals surface area contributed by atoms with Crippen molar-refractivity contribution in [2.45, 2.75) is 45.1 Å². The van der Waals surface area contributed by atoms with Crippen LogP contribution in [0.25, 0.3) is 0 Å². The molecule has 1 aromatic rings. The zero-order chi connectivity index (χ0) is 14.4. The van der Waals surface area contributed by atoms with Crippen molar-refractivity contribution in [3.63, 3.8) is 0 Å². The number of rotatable bonds is 8. The van der Waals surface area contributed by atoms with Crippen molar-refractivity contribution < 1.29 is 4.79 Å². The number of hydrogen-bond donors (Lipinski definition) is 2. The Kier molecular flexibility index (Phi) is 7.20. The molecule has 118 valence electrons. The van der Waals surface area contributed by atoms with E-state index in [1.165, 1.54) is 18.4 Å². The summed E-state index contributed by atoms with van der Waals surface area (Å²) < 4.78 is 0. The molecule has 3 nitrogen and oxygen atoms in total. The highest BCUT2D eigenvalue weighted by molar-refractivity contribution is 5.85. The first-order valence-corrected chi connectivity index (χ1v) is 7.61. The molecule has 0 spiro atoms. The summed E-state index contributed by atoms with van der Waals surface area (Å²) >= 11 is 0. The summed E-state index contributed by atoms with van der Waals surface area (Å²) in [5, 5.41) is 6.35. The number of carbonyl (C=O) groups excluding carboxylic acids is 1. The highest BCUT2D eigenvalue weighted by Crippen LogP contribution is 2.27. The van der Waals surface area contributed by atoms with Gasteiger partial charge >= 0.3 is 0 Å². The maximum atomic E-state index is 11.9. The SMILES string of the molecule is CC(C)(CCc1ccccc1)NC(=O)CNCC1CC1.Cl. The van der Waals surface area contributed by atoms with E-state index in [0.717, 1.165) is 25.3 Å². The Morgan fingerprint density at radius 2 is 1.90 bits per heavy atom. The van der Waals surface area contributed by atoms with Crippen molar-refractivity contribution in [2.75, 3.05) is 13.1 Å². The molecule has 1 saturated carbocycles. The van der Waals surface area contributed by atoms with E-state index in [1.54, 1.807) is 0 Å². The lowest BCUT2D eigenvalue weighted by Crippen LogP contribution is -2.47. The summed E-state index contributed by atoms with van der Waals surface area (Å²) in [5.74, 6) is 0.914. The van der Waals surface area contributed by atoms with Crippen molar-refractivity contribution in [1.29, 1.82) is 0 Å². The van der Waals surface area contributed by atoms with Crippen LogP contribution < -0.4 is 10.6 Å². The van der Waals surface area contributed by atoms with Crippen LogP contribution in [0.5, 0.6) is 0 Å². The summed E-state index contributed by atoms with van der Waals surface area (Å²) in [6.45, 7) is 5.60. The first kappa shape index (κ1) is 18.0. The van der Waals surface area contributed by atoms with Crippen LogP contribution in [0.15, 0.2) is 30.3 Å². The average Bonchev–Trinajstić information content (AvgIpc) is 3.21. The molecule has 1 amide bonds.